The van der Waals surface area contributed by atoms with E-state index in [0.717, 1.165) is 5.56 Å². The molecule has 2 N–H and O–H groups in total. The standard InChI is InChI=1S/C13H10BrClN2O2/c1-7-2-3-9(11(18)4-7)13(19)17-8-5-10(14)12(15)16-6-8/h2-6,18H,1H3,(H,17,19). The van der Waals surface area contributed by atoms with Crippen LogP contribution in [-0.4, -0.2) is 16.0 Å². The molecule has 0 saturated heterocycles. The van der Waals surface area contributed by atoms with E-state index in [-0.39, 0.29) is 11.3 Å². The van der Waals surface area contributed by atoms with E-state index in [1.165, 1.54) is 12.3 Å². The van der Waals surface area contributed by atoms with Crippen LogP contribution in [0.15, 0.2) is 34.9 Å². The van der Waals surface area contributed by atoms with Crippen LogP contribution in [0.4, 0.5) is 5.69 Å². The van der Waals surface area contributed by atoms with Crippen LogP contribution < -0.4 is 5.32 Å². The van der Waals surface area contributed by atoms with Gasteiger partial charge in [-0.25, -0.2) is 4.98 Å². The van der Waals surface area contributed by atoms with Gasteiger partial charge in [0.05, 0.1) is 21.9 Å². The molecule has 19 heavy (non-hydrogen) atoms. The highest BCUT2D eigenvalue weighted by Crippen LogP contribution is 2.24. The maximum absolute atomic E-state index is 12.0. The topological polar surface area (TPSA) is 62.2 Å². The van der Waals surface area contributed by atoms with Crippen LogP contribution in [0.25, 0.3) is 0 Å². The number of carbonyl (C=O) groups is 1. The number of rotatable bonds is 2. The van der Waals surface area contributed by atoms with E-state index in [1.54, 1.807) is 18.2 Å². The summed E-state index contributed by atoms with van der Waals surface area (Å²) in [5.74, 6) is -0.466. The summed E-state index contributed by atoms with van der Waals surface area (Å²) < 4.78 is 0.583. The second kappa shape index (κ2) is 5.59. The van der Waals surface area contributed by atoms with Crippen molar-refractivity contribution in [2.24, 2.45) is 0 Å². The van der Waals surface area contributed by atoms with E-state index in [0.29, 0.717) is 15.3 Å². The van der Waals surface area contributed by atoms with Gasteiger partial charge in [-0.3, -0.25) is 4.79 Å². The number of aromatic hydroxyl groups is 1. The van der Waals surface area contributed by atoms with Crippen LogP contribution in [0.2, 0.25) is 5.15 Å². The molecular weight excluding hydrogens is 332 g/mol. The number of carbonyl (C=O) groups excluding carboxylic acids is 1. The number of halogens is 2. The zero-order valence-electron chi connectivity index (χ0n) is 9.95. The van der Waals surface area contributed by atoms with Crippen molar-refractivity contribution in [1.29, 1.82) is 0 Å². The lowest BCUT2D eigenvalue weighted by molar-refractivity contribution is 0.102. The number of pyridine rings is 1. The number of phenols is 1. The fourth-order valence-electron chi connectivity index (χ4n) is 1.52. The summed E-state index contributed by atoms with van der Waals surface area (Å²) in [7, 11) is 0. The third kappa shape index (κ3) is 3.24. The minimum atomic E-state index is -0.409. The van der Waals surface area contributed by atoms with Gasteiger partial charge < -0.3 is 10.4 Å². The van der Waals surface area contributed by atoms with Crippen molar-refractivity contribution in [3.05, 3.63) is 51.2 Å². The molecule has 0 fully saturated rings. The SMILES string of the molecule is Cc1ccc(C(=O)Nc2cnc(Cl)c(Br)c2)c(O)c1. The van der Waals surface area contributed by atoms with Gasteiger partial charge in [0.25, 0.3) is 5.91 Å². The highest BCUT2D eigenvalue weighted by Gasteiger charge is 2.12. The number of nitrogens with zero attached hydrogens (tertiary/aromatic N) is 1. The van der Waals surface area contributed by atoms with E-state index in [2.05, 4.69) is 26.2 Å². The molecule has 0 aliphatic carbocycles. The minimum absolute atomic E-state index is 0.0570. The summed E-state index contributed by atoms with van der Waals surface area (Å²) in [5.41, 5.74) is 1.57. The molecule has 98 valence electrons. The fraction of sp³-hybridized carbons (Fsp3) is 0.0769. The molecule has 0 radical (unpaired) electrons. The summed E-state index contributed by atoms with van der Waals surface area (Å²) in [6.07, 6.45) is 1.44. The Bertz CT molecular complexity index is 647. The first kappa shape index (κ1) is 13.8. The van der Waals surface area contributed by atoms with Crippen molar-refractivity contribution in [2.45, 2.75) is 6.92 Å². The van der Waals surface area contributed by atoms with Crippen LogP contribution in [0.5, 0.6) is 5.75 Å². The Morgan fingerprint density at radius 2 is 2.16 bits per heavy atom. The first-order valence-corrected chi connectivity index (χ1v) is 6.56. The summed E-state index contributed by atoms with van der Waals surface area (Å²) in [6, 6.07) is 6.49. The van der Waals surface area contributed by atoms with Crippen LogP contribution in [0.1, 0.15) is 15.9 Å². The Hall–Kier alpha value is -1.59. The number of aryl methyl sites for hydroxylation is 1. The van der Waals surface area contributed by atoms with E-state index in [4.69, 9.17) is 11.6 Å². The van der Waals surface area contributed by atoms with Crippen LogP contribution in [0.3, 0.4) is 0 Å². The van der Waals surface area contributed by atoms with Crippen LogP contribution in [0, 0.1) is 6.92 Å². The van der Waals surface area contributed by atoms with Crippen molar-refractivity contribution in [3.63, 3.8) is 0 Å². The minimum Gasteiger partial charge on any atom is -0.507 e. The first-order valence-electron chi connectivity index (χ1n) is 5.39. The van der Waals surface area contributed by atoms with Gasteiger partial charge >= 0.3 is 0 Å². The first-order chi connectivity index (χ1) is 8.97. The molecule has 1 aromatic heterocycles. The number of hydrogen-bond donors (Lipinski definition) is 2. The molecule has 1 heterocycles. The molecule has 0 aliphatic rings. The summed E-state index contributed by atoms with van der Waals surface area (Å²) in [4.78, 5) is 15.9. The molecule has 4 nitrogen and oxygen atoms in total. The normalized spacial score (nSPS) is 10.3. The summed E-state index contributed by atoms with van der Waals surface area (Å²) in [6.45, 7) is 1.83. The number of amides is 1. The van der Waals surface area contributed by atoms with E-state index in [9.17, 15) is 9.90 Å². The average molecular weight is 342 g/mol. The number of anilines is 1. The largest absolute Gasteiger partial charge is 0.507 e. The molecule has 1 aromatic carbocycles. The number of benzene rings is 1. The molecular formula is C13H10BrClN2O2. The monoisotopic (exact) mass is 340 g/mol. The highest BCUT2D eigenvalue weighted by atomic mass is 79.9. The van der Waals surface area contributed by atoms with E-state index in [1.807, 2.05) is 6.92 Å². The van der Waals surface area contributed by atoms with Gasteiger partial charge in [-0.1, -0.05) is 17.7 Å². The second-order valence-corrected chi connectivity index (χ2v) is 5.18. The third-order valence-electron chi connectivity index (χ3n) is 2.45. The quantitative estimate of drug-likeness (QED) is 0.818. The Labute approximate surface area is 123 Å². The zero-order valence-corrected chi connectivity index (χ0v) is 12.3. The van der Waals surface area contributed by atoms with E-state index >= 15 is 0 Å². The van der Waals surface area contributed by atoms with Gasteiger partial charge in [0, 0.05) is 0 Å². The molecule has 2 aromatic rings. The lowest BCUT2D eigenvalue weighted by Gasteiger charge is -2.08. The van der Waals surface area contributed by atoms with Crippen molar-refractivity contribution in [2.75, 3.05) is 5.32 Å². The maximum Gasteiger partial charge on any atom is 0.259 e. The van der Waals surface area contributed by atoms with Gasteiger partial charge in [0.15, 0.2) is 0 Å². The average Bonchev–Trinajstić information content (AvgIpc) is 2.33. The van der Waals surface area contributed by atoms with Gasteiger partial charge in [-0.15, -0.1) is 0 Å². The molecule has 0 atom stereocenters. The number of phenolic OH excluding ortho intramolecular Hbond substituents is 1. The molecule has 0 aliphatic heterocycles. The predicted molar refractivity (Wildman–Crippen MR) is 77.7 cm³/mol. The molecule has 0 bridgehead atoms. The Morgan fingerprint density at radius 1 is 1.42 bits per heavy atom. The predicted octanol–water partition coefficient (Wildman–Crippen LogP) is 3.76. The molecule has 0 unspecified atom stereocenters. The van der Waals surface area contributed by atoms with Gasteiger partial charge in [0.2, 0.25) is 0 Å². The van der Waals surface area contributed by atoms with Crippen LogP contribution in [-0.2, 0) is 0 Å². The van der Waals surface area contributed by atoms with E-state index < -0.39 is 5.91 Å². The number of hydrogen-bond acceptors (Lipinski definition) is 3. The summed E-state index contributed by atoms with van der Waals surface area (Å²) in [5, 5.41) is 12.7. The maximum atomic E-state index is 12.0. The van der Waals surface area contributed by atoms with Crippen molar-refractivity contribution >= 4 is 39.1 Å². The zero-order chi connectivity index (χ0) is 14.0. The number of nitrogens with one attached hydrogen (secondary N) is 1. The third-order valence-corrected chi connectivity index (χ3v) is 3.59. The van der Waals surface area contributed by atoms with Gasteiger partial charge in [-0.2, -0.15) is 0 Å². The molecule has 0 saturated carbocycles. The van der Waals surface area contributed by atoms with Gasteiger partial charge in [0.1, 0.15) is 10.9 Å². The highest BCUT2D eigenvalue weighted by molar-refractivity contribution is 9.10. The lowest BCUT2D eigenvalue weighted by atomic mass is 10.1. The second-order valence-electron chi connectivity index (χ2n) is 3.97. The molecule has 2 rings (SSSR count). The Kier molecular flexibility index (Phi) is 4.07. The van der Waals surface area contributed by atoms with Crippen molar-refractivity contribution in [1.82, 2.24) is 4.98 Å². The molecule has 6 heteroatoms. The van der Waals surface area contributed by atoms with Gasteiger partial charge in [-0.05, 0) is 46.6 Å². The fourth-order valence-corrected chi connectivity index (χ4v) is 1.97. The lowest BCUT2D eigenvalue weighted by Crippen LogP contribution is -2.12. The smallest absolute Gasteiger partial charge is 0.259 e. The Balaban J connectivity index is 2.23. The molecule has 0 spiro atoms. The molecule has 1 amide bonds. The Morgan fingerprint density at radius 3 is 2.79 bits per heavy atom. The van der Waals surface area contributed by atoms with Crippen molar-refractivity contribution in [3.8, 4) is 5.75 Å². The number of aromatic nitrogens is 1. The van der Waals surface area contributed by atoms with Crippen molar-refractivity contribution < 1.29 is 9.90 Å². The van der Waals surface area contributed by atoms with Crippen LogP contribution >= 0.6 is 27.5 Å². The summed E-state index contributed by atoms with van der Waals surface area (Å²) >= 11 is 8.99.